The summed E-state index contributed by atoms with van der Waals surface area (Å²) < 4.78 is 91.8. The Bertz CT molecular complexity index is 2260. The monoisotopic (exact) mass is 910 g/mol. The lowest BCUT2D eigenvalue weighted by Crippen LogP contribution is -2.39. The number of pyridine rings is 2. The number of benzene rings is 2. The van der Waals surface area contributed by atoms with E-state index in [1.54, 1.807) is 36.7 Å². The number of ether oxygens (including phenoxy) is 2. The number of anilines is 3. The van der Waals surface area contributed by atoms with Gasteiger partial charge in [-0.1, -0.05) is 0 Å². The van der Waals surface area contributed by atoms with Crippen LogP contribution in [-0.2, 0) is 25.2 Å². The maximum atomic E-state index is 14.0. The van der Waals surface area contributed by atoms with Crippen molar-refractivity contribution in [3.63, 3.8) is 0 Å². The third kappa shape index (κ3) is 16.4. The molecule has 18 nitrogen and oxygen atoms in total. The van der Waals surface area contributed by atoms with Gasteiger partial charge in [-0.2, -0.15) is 39.0 Å². The molecule has 0 spiro atoms. The molecule has 2 amide bonds. The summed E-state index contributed by atoms with van der Waals surface area (Å²) in [6.45, 7) is 7.12. The third-order valence-electron chi connectivity index (χ3n) is 8.16. The molecule has 2 saturated heterocycles. The van der Waals surface area contributed by atoms with E-state index in [1.807, 2.05) is 0 Å². The fourth-order valence-corrected chi connectivity index (χ4v) is 7.72. The number of nitrogens with one attached hydrogen (secondary N) is 2. The molecule has 4 heterocycles. The van der Waals surface area contributed by atoms with Crippen molar-refractivity contribution >= 4 is 67.7 Å². The lowest BCUT2D eigenvalue weighted by Gasteiger charge is -2.21. The summed E-state index contributed by atoms with van der Waals surface area (Å²) in [6.07, 6.45) is 7.91. The number of nitrogens with zero attached hydrogens (tertiary/aromatic N) is 7. The molecule has 23 heteroatoms. The van der Waals surface area contributed by atoms with Gasteiger partial charge in [0.2, 0.25) is 6.08 Å². The van der Waals surface area contributed by atoms with Gasteiger partial charge in [0.25, 0.3) is 20.4 Å². The van der Waals surface area contributed by atoms with Gasteiger partial charge in [0.15, 0.2) is 0 Å². The Morgan fingerprint density at radius 2 is 1.30 bits per heavy atom. The molecule has 332 valence electrons. The Morgan fingerprint density at radius 1 is 0.803 bits per heavy atom. The number of carbonyl (C=O) groups excluding carboxylic acids is 2. The highest BCUT2D eigenvalue weighted by Crippen LogP contribution is 2.26. The number of hydrogen-bond acceptors (Lipinski definition) is 12. The Morgan fingerprint density at radius 3 is 1.75 bits per heavy atom. The first kappa shape index (κ1) is 51.6. The van der Waals surface area contributed by atoms with Crippen LogP contribution in [0.3, 0.4) is 0 Å². The van der Waals surface area contributed by atoms with Gasteiger partial charge in [-0.25, -0.2) is 18.4 Å². The number of aromatic nitrogens is 2. The minimum Gasteiger partial charge on any atom is -0.489 e. The minimum atomic E-state index is -3.52. The maximum Gasteiger partial charge on any atom is 0.323 e. The summed E-state index contributed by atoms with van der Waals surface area (Å²) in [4.78, 5) is 32.7. The van der Waals surface area contributed by atoms with Crippen LogP contribution in [0.4, 0.5) is 36.3 Å². The number of halogens is 3. The maximum absolute atomic E-state index is 14.0. The second kappa shape index (κ2) is 24.6. The number of aliphatic imine (C=N–C) groups is 1. The number of isocyanates is 1. The molecule has 6 rings (SSSR count). The van der Waals surface area contributed by atoms with Crippen LogP contribution >= 0.6 is 12.4 Å². The number of urea groups is 1. The summed E-state index contributed by atoms with van der Waals surface area (Å²) in [7, 11) is -1.06. The van der Waals surface area contributed by atoms with Gasteiger partial charge < -0.3 is 25.8 Å². The number of hydrogen-bond donors (Lipinski definition) is 3. The summed E-state index contributed by atoms with van der Waals surface area (Å²) >= 11 is 0. The van der Waals surface area contributed by atoms with Crippen molar-refractivity contribution in [2.75, 3.05) is 70.7 Å². The molecule has 4 N–H and O–H groups in total. The molecule has 0 unspecified atom stereocenters. The highest BCUT2D eigenvalue weighted by molar-refractivity contribution is 7.87. The fraction of sp³-hybridized carbons (Fsp3) is 0.316. The molecule has 0 bridgehead atoms. The molecule has 4 aromatic rings. The number of nitrogens with two attached hydrogens (primary N) is 1. The van der Waals surface area contributed by atoms with E-state index in [2.05, 4.69) is 38.8 Å². The van der Waals surface area contributed by atoms with Crippen LogP contribution in [-0.4, -0.2) is 123 Å². The average Bonchev–Trinajstić information content (AvgIpc) is 3.87. The Hall–Kier alpha value is -5.58. The van der Waals surface area contributed by atoms with Crippen molar-refractivity contribution < 1.29 is 44.7 Å². The zero-order valence-electron chi connectivity index (χ0n) is 33.8. The SMILES string of the molecule is C=C.CN(C)S(=O)(=O)N1CC[C@@H](Oc2cc(F)cc(NC(=O)Nc3cccnc3)c2)C1.CN(C)S(=O)(=O)N1CC[C@@H](Oc2cc(N)cc(F)c2)C1.Cl.O=C=Nc1cccnc1. The zero-order valence-corrected chi connectivity index (χ0v) is 36.3. The lowest BCUT2D eigenvalue weighted by molar-refractivity contribution is 0.213. The van der Waals surface area contributed by atoms with Crippen LogP contribution in [0.1, 0.15) is 12.8 Å². The van der Waals surface area contributed by atoms with E-state index in [0.29, 0.717) is 43.1 Å². The smallest absolute Gasteiger partial charge is 0.323 e. The summed E-state index contributed by atoms with van der Waals surface area (Å²) in [6, 6.07) is 13.9. The Kier molecular flexibility index (Phi) is 20.8. The average molecular weight is 911 g/mol. The van der Waals surface area contributed by atoms with Gasteiger partial charge in [0.1, 0.15) is 35.3 Å². The second-order valence-corrected chi connectivity index (χ2v) is 17.3. The van der Waals surface area contributed by atoms with E-state index >= 15 is 0 Å². The van der Waals surface area contributed by atoms with E-state index in [-0.39, 0.29) is 48.7 Å². The molecule has 2 aliphatic rings. The summed E-state index contributed by atoms with van der Waals surface area (Å²) in [5.74, 6) is -0.543. The number of amides is 2. The molecule has 61 heavy (non-hydrogen) atoms. The highest BCUT2D eigenvalue weighted by Gasteiger charge is 2.35. The lowest BCUT2D eigenvalue weighted by atomic mass is 10.2. The van der Waals surface area contributed by atoms with Crippen LogP contribution in [0.15, 0.2) is 104 Å². The molecule has 0 aliphatic carbocycles. The van der Waals surface area contributed by atoms with E-state index < -0.39 is 44.2 Å². The molecule has 2 aromatic carbocycles. The van der Waals surface area contributed by atoms with Gasteiger partial charge in [-0.05, 0) is 49.2 Å². The normalized spacial score (nSPS) is 16.2. The van der Waals surface area contributed by atoms with E-state index in [0.717, 1.165) is 14.7 Å². The quantitative estimate of drug-likeness (QED) is 0.0781. The van der Waals surface area contributed by atoms with Gasteiger partial charge >= 0.3 is 6.03 Å². The Balaban J connectivity index is 0.000000345. The first-order valence-corrected chi connectivity index (χ1v) is 20.8. The van der Waals surface area contributed by atoms with Crippen molar-refractivity contribution in [2.45, 2.75) is 25.0 Å². The van der Waals surface area contributed by atoms with E-state index in [4.69, 9.17) is 15.2 Å². The first-order chi connectivity index (χ1) is 28.5. The molecule has 0 saturated carbocycles. The van der Waals surface area contributed by atoms with Crippen LogP contribution < -0.4 is 25.8 Å². The van der Waals surface area contributed by atoms with E-state index in [1.165, 1.54) is 85.6 Å². The van der Waals surface area contributed by atoms with Gasteiger partial charge in [-0.3, -0.25) is 9.97 Å². The largest absolute Gasteiger partial charge is 0.489 e. The predicted octanol–water partition coefficient (Wildman–Crippen LogP) is 5.06. The summed E-state index contributed by atoms with van der Waals surface area (Å²) in [5, 5.41) is 5.12. The summed E-state index contributed by atoms with van der Waals surface area (Å²) in [5.41, 5.74) is 7.04. The molecule has 2 atom stereocenters. The number of nitrogen functional groups attached to an aromatic ring is 1. The predicted molar refractivity (Wildman–Crippen MR) is 231 cm³/mol. The van der Waals surface area contributed by atoms with Crippen molar-refractivity contribution in [3.8, 4) is 11.5 Å². The molecule has 2 fully saturated rings. The molecule has 0 radical (unpaired) electrons. The molecule has 2 aromatic heterocycles. The molecular formula is C38H49ClF2N10O8S2. The number of carbonyl (C=O) groups is 1. The van der Waals surface area contributed by atoms with Crippen LogP contribution in [0.2, 0.25) is 0 Å². The Labute approximate surface area is 360 Å². The van der Waals surface area contributed by atoms with Gasteiger partial charge in [0.05, 0.1) is 36.9 Å². The second-order valence-electron chi connectivity index (χ2n) is 13.0. The van der Waals surface area contributed by atoms with Gasteiger partial charge in [0, 0.05) is 89.3 Å². The van der Waals surface area contributed by atoms with E-state index in [9.17, 15) is 35.2 Å². The van der Waals surface area contributed by atoms with Gasteiger partial charge in [-0.15, -0.1) is 25.6 Å². The molecule has 2 aliphatic heterocycles. The van der Waals surface area contributed by atoms with Crippen LogP contribution in [0.5, 0.6) is 11.5 Å². The van der Waals surface area contributed by atoms with Crippen molar-refractivity contribution in [1.29, 1.82) is 0 Å². The zero-order chi connectivity index (χ0) is 44.5. The fourth-order valence-electron chi connectivity index (χ4n) is 5.41. The first-order valence-electron chi connectivity index (χ1n) is 18.0. The number of rotatable bonds is 11. The van der Waals surface area contributed by atoms with Crippen molar-refractivity contribution in [2.24, 2.45) is 4.99 Å². The molecular weight excluding hydrogens is 862 g/mol. The minimum absolute atomic E-state index is 0. The standard InChI is InChI=1S/C18H22FN5O4S.C12H18FN3O3S.C6H4N2O.C2H4.ClH/c1-23(2)29(26,27)24-7-5-16(12-24)28-17-9-13(19)8-15(10-17)22-18(25)21-14-4-3-6-20-11-14;1-15(2)20(17,18)16-4-3-11(8-16)19-12-6-9(13)5-10(14)7-12;9-5-8-6-2-1-3-7-4-6;1-2;/h3-4,6,8-11,16H,5,7,12H2,1-2H3,(H2,21,22,25);5-7,11H,3-4,8,14H2,1-2H3;1-4H;1-2H2;1H/t16-;11-;;;/m11.../s1. The topological polar surface area (TPSA) is 222 Å². The van der Waals surface area contributed by atoms with Crippen LogP contribution in [0, 0.1) is 11.6 Å². The van der Waals surface area contributed by atoms with Crippen molar-refractivity contribution in [3.05, 3.63) is 110 Å². The third-order valence-corrected chi connectivity index (χ3v) is 12.0. The highest BCUT2D eigenvalue weighted by atomic mass is 35.5. The van der Waals surface area contributed by atoms with Crippen molar-refractivity contribution in [1.82, 2.24) is 27.2 Å². The van der Waals surface area contributed by atoms with Crippen LogP contribution in [0.25, 0.3) is 0 Å².